The van der Waals surface area contributed by atoms with Crippen LogP contribution in [0.4, 0.5) is 0 Å². The summed E-state index contributed by atoms with van der Waals surface area (Å²) in [5.41, 5.74) is 6.66. The van der Waals surface area contributed by atoms with E-state index >= 15 is 0 Å². The van der Waals surface area contributed by atoms with Crippen molar-refractivity contribution in [2.24, 2.45) is 45.4 Å². The van der Waals surface area contributed by atoms with Crippen molar-refractivity contribution < 1.29 is 9.90 Å². The summed E-state index contributed by atoms with van der Waals surface area (Å²) in [7, 11) is 0. The molecule has 4 nitrogen and oxygen atoms in total. The van der Waals surface area contributed by atoms with Crippen molar-refractivity contribution >= 4 is 11.6 Å². The van der Waals surface area contributed by atoms with Crippen molar-refractivity contribution in [2.45, 2.75) is 111 Å². The number of nitrogens with zero attached hydrogens (tertiary/aromatic N) is 1. The van der Waals surface area contributed by atoms with Crippen molar-refractivity contribution in [3.8, 4) is 0 Å². The Labute approximate surface area is 213 Å². The number of fused-ring (bicyclic) bond motifs is 5. The number of aliphatic hydroxyl groups excluding tert-OH is 1. The number of amides is 1. The standard InChI is InChI=1S/C31H48N2O2/c1-18(2)21-13-16-32-28(21)17-19(3)23-9-10-24-22-7-8-26-29(35)27(33-20(4)34)12-15-31(26,6)25(22)11-14-30(23,24)5/h7,19,23-27,29,35H,8-17H2,1-6H3,(H,33,34). The molecule has 1 amide bonds. The summed E-state index contributed by atoms with van der Waals surface area (Å²) in [6, 6.07) is -0.0877. The first kappa shape index (κ1) is 25.2. The van der Waals surface area contributed by atoms with Gasteiger partial charge >= 0.3 is 0 Å². The zero-order valence-electron chi connectivity index (χ0n) is 23.0. The number of hydrogen-bond donors (Lipinski definition) is 2. The largest absolute Gasteiger partial charge is 0.391 e. The lowest BCUT2D eigenvalue weighted by atomic mass is 9.47. The number of allylic oxidation sites excluding steroid dienone is 3. The molecule has 5 rings (SSSR count). The first-order valence-electron chi connectivity index (χ1n) is 14.4. The minimum atomic E-state index is -0.434. The number of nitrogens with one attached hydrogen (secondary N) is 1. The second-order valence-electron chi connectivity index (χ2n) is 13.5. The van der Waals surface area contributed by atoms with Gasteiger partial charge in [0.2, 0.25) is 5.91 Å². The first-order chi connectivity index (χ1) is 16.6. The van der Waals surface area contributed by atoms with Crippen molar-refractivity contribution in [3.63, 3.8) is 0 Å². The second kappa shape index (κ2) is 9.15. The van der Waals surface area contributed by atoms with E-state index in [1.807, 2.05) is 0 Å². The molecule has 194 valence electrons. The van der Waals surface area contributed by atoms with E-state index < -0.39 is 6.10 Å². The van der Waals surface area contributed by atoms with Gasteiger partial charge in [0.25, 0.3) is 0 Å². The molecule has 0 bridgehead atoms. The van der Waals surface area contributed by atoms with Crippen LogP contribution in [0.15, 0.2) is 27.8 Å². The van der Waals surface area contributed by atoms with Gasteiger partial charge in [0.05, 0.1) is 12.1 Å². The van der Waals surface area contributed by atoms with Crippen LogP contribution in [-0.4, -0.2) is 35.4 Å². The van der Waals surface area contributed by atoms with E-state index in [0.29, 0.717) is 23.2 Å². The molecule has 9 atom stereocenters. The fourth-order valence-corrected chi connectivity index (χ4v) is 9.70. The number of rotatable bonds is 4. The first-order valence-corrected chi connectivity index (χ1v) is 14.4. The maximum Gasteiger partial charge on any atom is 0.217 e. The SMILES string of the molecule is CC(=O)NC1CCC2(C)C3CCC4(C)C(CCC4C(C)CC4=NCCC4=C(C)C)C3=CCC2C1O. The summed E-state index contributed by atoms with van der Waals surface area (Å²) in [4.78, 5) is 16.6. The third kappa shape index (κ3) is 4.06. The molecule has 0 aromatic rings. The maximum atomic E-state index is 11.7. The molecular weight excluding hydrogens is 432 g/mol. The highest BCUT2D eigenvalue weighted by Gasteiger charge is 2.59. The van der Waals surface area contributed by atoms with Crippen LogP contribution in [0.2, 0.25) is 0 Å². The zero-order chi connectivity index (χ0) is 25.1. The monoisotopic (exact) mass is 480 g/mol. The van der Waals surface area contributed by atoms with Crippen LogP contribution < -0.4 is 5.32 Å². The maximum absolute atomic E-state index is 11.7. The predicted octanol–water partition coefficient (Wildman–Crippen LogP) is 6.25. The topological polar surface area (TPSA) is 61.7 Å². The van der Waals surface area contributed by atoms with Crippen molar-refractivity contribution in [1.29, 1.82) is 0 Å². The Morgan fingerprint density at radius 2 is 1.83 bits per heavy atom. The lowest BCUT2D eigenvalue weighted by Gasteiger charge is -2.59. The Balaban J connectivity index is 1.35. The van der Waals surface area contributed by atoms with E-state index in [0.717, 1.165) is 44.6 Å². The molecule has 2 N–H and O–H groups in total. The molecule has 0 spiro atoms. The van der Waals surface area contributed by atoms with Gasteiger partial charge in [-0.1, -0.05) is 38.0 Å². The molecule has 0 saturated heterocycles. The molecular formula is C31H48N2O2. The molecule has 3 saturated carbocycles. The van der Waals surface area contributed by atoms with Gasteiger partial charge in [-0.3, -0.25) is 9.79 Å². The molecule has 1 aliphatic heterocycles. The number of aliphatic hydroxyl groups is 1. The van der Waals surface area contributed by atoms with E-state index in [1.54, 1.807) is 12.5 Å². The van der Waals surface area contributed by atoms with Crippen LogP contribution in [0.1, 0.15) is 99.3 Å². The Bertz CT molecular complexity index is 959. The van der Waals surface area contributed by atoms with Crippen LogP contribution in [0.3, 0.4) is 0 Å². The van der Waals surface area contributed by atoms with E-state index in [-0.39, 0.29) is 23.3 Å². The van der Waals surface area contributed by atoms with Crippen LogP contribution in [-0.2, 0) is 4.79 Å². The minimum Gasteiger partial charge on any atom is -0.391 e. The van der Waals surface area contributed by atoms with Gasteiger partial charge in [0.15, 0.2) is 0 Å². The van der Waals surface area contributed by atoms with Gasteiger partial charge in [-0.25, -0.2) is 0 Å². The Morgan fingerprint density at radius 1 is 1.11 bits per heavy atom. The van der Waals surface area contributed by atoms with Crippen molar-refractivity contribution in [3.05, 3.63) is 22.8 Å². The van der Waals surface area contributed by atoms with Crippen LogP contribution in [0.5, 0.6) is 0 Å². The molecule has 4 heteroatoms. The summed E-state index contributed by atoms with van der Waals surface area (Å²) >= 11 is 0. The lowest BCUT2D eigenvalue weighted by molar-refractivity contribution is -0.125. The number of carbonyl (C=O) groups is 1. The fraction of sp³-hybridized carbons (Fsp3) is 0.806. The normalized spacial score (nSPS) is 43.5. The van der Waals surface area contributed by atoms with Gasteiger partial charge in [-0.15, -0.1) is 0 Å². The van der Waals surface area contributed by atoms with E-state index in [4.69, 9.17) is 4.99 Å². The Morgan fingerprint density at radius 3 is 2.54 bits per heavy atom. The van der Waals surface area contributed by atoms with Gasteiger partial charge in [-0.05, 0) is 118 Å². The summed E-state index contributed by atoms with van der Waals surface area (Å²) in [5.74, 6) is 2.97. The molecule has 35 heavy (non-hydrogen) atoms. The highest BCUT2D eigenvalue weighted by molar-refractivity contribution is 6.02. The Kier molecular flexibility index (Phi) is 6.60. The summed E-state index contributed by atoms with van der Waals surface area (Å²) in [6.45, 7) is 14.6. The quantitative estimate of drug-likeness (QED) is 0.467. The van der Waals surface area contributed by atoms with Gasteiger partial charge in [0.1, 0.15) is 0 Å². The predicted molar refractivity (Wildman–Crippen MR) is 143 cm³/mol. The van der Waals surface area contributed by atoms with Crippen LogP contribution in [0, 0.1) is 40.4 Å². The third-order valence-electron chi connectivity index (χ3n) is 11.5. The highest BCUT2D eigenvalue weighted by atomic mass is 16.3. The molecule has 5 aliphatic rings. The molecule has 0 aromatic carbocycles. The smallest absolute Gasteiger partial charge is 0.217 e. The number of hydrogen-bond acceptors (Lipinski definition) is 3. The molecule has 0 aromatic heterocycles. The molecule has 4 aliphatic carbocycles. The summed E-state index contributed by atoms with van der Waals surface area (Å²) in [5, 5.41) is 14.3. The van der Waals surface area contributed by atoms with Crippen LogP contribution in [0.25, 0.3) is 0 Å². The van der Waals surface area contributed by atoms with Gasteiger partial charge in [-0.2, -0.15) is 0 Å². The molecule has 0 radical (unpaired) electrons. The molecule has 3 fully saturated rings. The number of carbonyl (C=O) groups excluding carboxylic acids is 1. The fourth-order valence-electron chi connectivity index (χ4n) is 9.70. The zero-order valence-corrected chi connectivity index (χ0v) is 23.0. The summed E-state index contributed by atoms with van der Waals surface area (Å²) < 4.78 is 0. The average molecular weight is 481 g/mol. The highest BCUT2D eigenvalue weighted by Crippen LogP contribution is 2.67. The molecule has 9 unspecified atom stereocenters. The minimum absolute atomic E-state index is 0.0236. The van der Waals surface area contributed by atoms with Gasteiger partial charge in [0, 0.05) is 19.2 Å². The Hall–Kier alpha value is -1.42. The number of aliphatic imine (C=N–C) groups is 1. The summed E-state index contributed by atoms with van der Waals surface area (Å²) in [6.07, 6.45) is 12.6. The second-order valence-corrected chi connectivity index (χ2v) is 13.5. The van der Waals surface area contributed by atoms with E-state index in [1.165, 1.54) is 42.5 Å². The van der Waals surface area contributed by atoms with E-state index in [2.05, 4.69) is 46.0 Å². The van der Waals surface area contributed by atoms with Gasteiger partial charge < -0.3 is 10.4 Å². The molecule has 1 heterocycles. The third-order valence-corrected chi connectivity index (χ3v) is 11.5. The van der Waals surface area contributed by atoms with Crippen LogP contribution >= 0.6 is 0 Å². The average Bonchev–Trinajstić information content (AvgIpc) is 3.39. The van der Waals surface area contributed by atoms with Crippen molar-refractivity contribution in [1.82, 2.24) is 5.32 Å². The van der Waals surface area contributed by atoms with E-state index in [9.17, 15) is 9.90 Å². The van der Waals surface area contributed by atoms with Crippen molar-refractivity contribution in [2.75, 3.05) is 6.54 Å². The lowest BCUT2D eigenvalue weighted by Crippen LogP contribution is -2.58.